The molecular formula is C25H26N4O4. The summed E-state index contributed by atoms with van der Waals surface area (Å²) in [5, 5.41) is 16.7. The van der Waals surface area contributed by atoms with Gasteiger partial charge in [0.1, 0.15) is 6.54 Å². The molecule has 0 atom stereocenters. The highest BCUT2D eigenvalue weighted by Crippen LogP contribution is 2.29. The molecule has 0 spiro atoms. The number of carbonyl (C=O) groups is 2. The molecule has 2 N–H and O–H groups in total. The number of rotatable bonds is 7. The van der Waals surface area contributed by atoms with Gasteiger partial charge in [-0.05, 0) is 49.6 Å². The highest BCUT2D eigenvalue weighted by Gasteiger charge is 2.20. The Balaban J connectivity index is 1.53. The quantitative estimate of drug-likeness (QED) is 0.535. The van der Waals surface area contributed by atoms with Crippen molar-refractivity contribution in [2.75, 3.05) is 13.1 Å². The molecular weight excluding hydrogens is 420 g/mol. The van der Waals surface area contributed by atoms with Crippen LogP contribution in [0.4, 0.5) is 0 Å². The van der Waals surface area contributed by atoms with Gasteiger partial charge in [0.2, 0.25) is 11.7 Å². The molecule has 170 valence electrons. The zero-order valence-electron chi connectivity index (χ0n) is 18.7. The van der Waals surface area contributed by atoms with E-state index in [0.717, 1.165) is 36.2 Å². The Hall–Kier alpha value is -3.78. The summed E-state index contributed by atoms with van der Waals surface area (Å²) in [7, 11) is 0. The lowest BCUT2D eigenvalue weighted by Gasteiger charge is -2.21. The van der Waals surface area contributed by atoms with Crippen LogP contribution >= 0.6 is 0 Å². The van der Waals surface area contributed by atoms with Gasteiger partial charge >= 0.3 is 5.97 Å². The first-order valence-electron chi connectivity index (χ1n) is 10.8. The summed E-state index contributed by atoms with van der Waals surface area (Å²) in [4.78, 5) is 29.6. The number of aromatic nitrogens is 2. The fraction of sp³-hybridized carbons (Fsp3) is 0.280. The second-order valence-corrected chi connectivity index (χ2v) is 8.02. The molecule has 1 aliphatic rings. The Morgan fingerprint density at radius 1 is 1.21 bits per heavy atom. The number of benzene rings is 2. The van der Waals surface area contributed by atoms with Crippen molar-refractivity contribution in [2.45, 2.75) is 33.4 Å². The summed E-state index contributed by atoms with van der Waals surface area (Å²) in [5.41, 5.74) is 5.54. The number of carboxylic acids is 1. The molecule has 3 aromatic rings. The summed E-state index contributed by atoms with van der Waals surface area (Å²) >= 11 is 0. The van der Waals surface area contributed by atoms with E-state index in [9.17, 15) is 14.7 Å². The molecule has 8 heteroatoms. The zero-order chi connectivity index (χ0) is 23.4. The molecule has 1 amide bonds. The maximum atomic E-state index is 12.5. The highest BCUT2D eigenvalue weighted by molar-refractivity contribution is 5.94. The number of allylic oxidation sites excluding steroid dienone is 1. The monoisotopic (exact) mass is 446 g/mol. The number of fused-ring (bicyclic) bond motifs is 1. The van der Waals surface area contributed by atoms with Crippen molar-refractivity contribution >= 4 is 11.9 Å². The lowest BCUT2D eigenvalue weighted by molar-refractivity contribution is -0.143. The minimum absolute atomic E-state index is 0.193. The van der Waals surface area contributed by atoms with Crippen LogP contribution in [0.1, 0.15) is 30.5 Å². The van der Waals surface area contributed by atoms with Crippen molar-refractivity contribution < 1.29 is 19.2 Å². The first kappa shape index (κ1) is 22.4. The number of carboxylic acid groups (broad SMARTS) is 1. The molecule has 0 unspecified atom stereocenters. The Kier molecular flexibility index (Phi) is 6.65. The molecule has 0 aliphatic carbocycles. The second kappa shape index (κ2) is 9.79. The molecule has 1 aromatic heterocycles. The largest absolute Gasteiger partial charge is 0.480 e. The minimum atomic E-state index is -1.05. The average Bonchev–Trinajstić information content (AvgIpc) is 3.32. The van der Waals surface area contributed by atoms with E-state index in [1.807, 2.05) is 36.4 Å². The molecule has 2 heterocycles. The summed E-state index contributed by atoms with van der Waals surface area (Å²) in [5.74, 6) is -0.380. The molecule has 8 nitrogen and oxygen atoms in total. The van der Waals surface area contributed by atoms with Crippen LogP contribution < -0.4 is 5.32 Å². The van der Waals surface area contributed by atoms with Crippen LogP contribution in [0.25, 0.3) is 22.8 Å². The normalized spacial score (nSPS) is 13.5. The van der Waals surface area contributed by atoms with Gasteiger partial charge in [-0.3, -0.25) is 9.59 Å². The smallest absolute Gasteiger partial charge is 0.323 e. The fourth-order valence-electron chi connectivity index (χ4n) is 3.90. The number of nitrogens with one attached hydrogen (secondary N) is 1. The van der Waals surface area contributed by atoms with Crippen LogP contribution in [-0.2, 0) is 29.1 Å². The van der Waals surface area contributed by atoms with Gasteiger partial charge in [-0.2, -0.15) is 4.98 Å². The van der Waals surface area contributed by atoms with E-state index in [1.54, 1.807) is 19.9 Å². The SMILES string of the molecule is C/C=C(\C)C(=O)N(CC(=O)O)Cc1ccc(-c2noc(-c3cccc4c3CCNC4)n2)cc1. The predicted octanol–water partition coefficient (Wildman–Crippen LogP) is 3.43. The van der Waals surface area contributed by atoms with Crippen LogP contribution in [0.15, 0.2) is 58.6 Å². The van der Waals surface area contributed by atoms with E-state index in [0.29, 0.717) is 17.3 Å². The van der Waals surface area contributed by atoms with Gasteiger partial charge in [-0.25, -0.2) is 0 Å². The standard InChI is InChI=1S/C25H26N4O4/c1-3-16(2)25(32)29(15-22(30)31)14-17-7-9-18(10-8-17)23-27-24(33-28-23)21-6-4-5-19-13-26-12-11-20(19)21/h3-10,26H,11-15H2,1-2H3,(H,30,31)/b16-3+. The third kappa shape index (κ3) is 5.01. The minimum Gasteiger partial charge on any atom is -0.480 e. The van der Waals surface area contributed by atoms with Crippen molar-refractivity contribution in [2.24, 2.45) is 0 Å². The van der Waals surface area contributed by atoms with Gasteiger partial charge in [0.15, 0.2) is 0 Å². The van der Waals surface area contributed by atoms with Gasteiger partial charge in [-0.1, -0.05) is 47.6 Å². The second-order valence-electron chi connectivity index (χ2n) is 8.02. The summed E-state index contributed by atoms with van der Waals surface area (Å²) in [6.45, 7) is 5.01. The average molecular weight is 447 g/mol. The maximum absolute atomic E-state index is 12.5. The van der Waals surface area contributed by atoms with Crippen LogP contribution in [-0.4, -0.2) is 45.1 Å². The Bertz CT molecular complexity index is 1200. The highest BCUT2D eigenvalue weighted by atomic mass is 16.5. The molecule has 33 heavy (non-hydrogen) atoms. The molecule has 2 aromatic carbocycles. The molecule has 0 saturated heterocycles. The number of nitrogens with zero attached hydrogens (tertiary/aromatic N) is 3. The van der Waals surface area contributed by atoms with Crippen molar-refractivity contribution in [1.82, 2.24) is 20.4 Å². The van der Waals surface area contributed by atoms with Crippen LogP contribution in [0.3, 0.4) is 0 Å². The predicted molar refractivity (Wildman–Crippen MR) is 123 cm³/mol. The molecule has 0 fully saturated rings. The number of amides is 1. The summed E-state index contributed by atoms with van der Waals surface area (Å²) in [6.07, 6.45) is 2.59. The van der Waals surface area contributed by atoms with Crippen molar-refractivity contribution in [3.8, 4) is 22.8 Å². The first-order valence-corrected chi connectivity index (χ1v) is 10.8. The van der Waals surface area contributed by atoms with Gasteiger partial charge in [0.25, 0.3) is 5.89 Å². The van der Waals surface area contributed by atoms with Crippen LogP contribution in [0, 0.1) is 0 Å². The van der Waals surface area contributed by atoms with Crippen LogP contribution in [0.2, 0.25) is 0 Å². The topological polar surface area (TPSA) is 109 Å². The van der Waals surface area contributed by atoms with Crippen LogP contribution in [0.5, 0.6) is 0 Å². The Labute approximate surface area is 191 Å². The van der Waals surface area contributed by atoms with E-state index >= 15 is 0 Å². The van der Waals surface area contributed by atoms with Crippen molar-refractivity contribution in [3.63, 3.8) is 0 Å². The zero-order valence-corrected chi connectivity index (χ0v) is 18.7. The Morgan fingerprint density at radius 3 is 2.73 bits per heavy atom. The van der Waals surface area contributed by atoms with Crippen molar-refractivity contribution in [1.29, 1.82) is 0 Å². The van der Waals surface area contributed by atoms with Gasteiger partial charge < -0.3 is 19.8 Å². The molecule has 4 rings (SSSR count). The van der Waals surface area contributed by atoms with E-state index in [-0.39, 0.29) is 19.0 Å². The van der Waals surface area contributed by atoms with E-state index in [4.69, 9.17) is 4.52 Å². The number of aliphatic carboxylic acids is 1. The van der Waals surface area contributed by atoms with E-state index in [2.05, 4.69) is 21.5 Å². The lowest BCUT2D eigenvalue weighted by atomic mass is 9.95. The number of carbonyl (C=O) groups excluding carboxylic acids is 1. The molecule has 1 aliphatic heterocycles. The molecule has 0 saturated carbocycles. The lowest BCUT2D eigenvalue weighted by Crippen LogP contribution is -2.35. The van der Waals surface area contributed by atoms with Crippen molar-refractivity contribution in [3.05, 3.63) is 70.8 Å². The molecule has 0 bridgehead atoms. The Morgan fingerprint density at radius 2 is 2.00 bits per heavy atom. The third-order valence-corrected chi connectivity index (χ3v) is 5.77. The summed E-state index contributed by atoms with van der Waals surface area (Å²) < 4.78 is 5.57. The maximum Gasteiger partial charge on any atom is 0.323 e. The van der Waals surface area contributed by atoms with Gasteiger partial charge in [-0.15, -0.1) is 0 Å². The van der Waals surface area contributed by atoms with E-state index < -0.39 is 5.97 Å². The summed E-state index contributed by atoms with van der Waals surface area (Å²) in [6, 6.07) is 13.5. The van der Waals surface area contributed by atoms with Gasteiger partial charge in [0.05, 0.1) is 0 Å². The molecule has 0 radical (unpaired) electrons. The number of hydrogen-bond acceptors (Lipinski definition) is 6. The third-order valence-electron chi connectivity index (χ3n) is 5.77. The fourth-order valence-corrected chi connectivity index (χ4v) is 3.90. The first-order chi connectivity index (χ1) is 16.0. The van der Waals surface area contributed by atoms with Gasteiger partial charge in [0, 0.05) is 29.8 Å². The van der Waals surface area contributed by atoms with E-state index in [1.165, 1.54) is 16.0 Å². The number of hydrogen-bond donors (Lipinski definition) is 2.